The maximum Gasteiger partial charge on any atom is 0.326 e. The molecule has 1 fully saturated rings. The lowest BCUT2D eigenvalue weighted by Crippen LogP contribution is -2.42. The van der Waals surface area contributed by atoms with E-state index in [1.807, 2.05) is 6.92 Å². The van der Waals surface area contributed by atoms with Crippen molar-refractivity contribution in [3.05, 3.63) is 35.8 Å². The molecular formula is C19H21N7O3. The van der Waals surface area contributed by atoms with Crippen LogP contribution in [0.5, 0.6) is 0 Å². The molecule has 10 heteroatoms. The average molecular weight is 395 g/mol. The Morgan fingerprint density at radius 1 is 1.41 bits per heavy atom. The van der Waals surface area contributed by atoms with E-state index in [1.165, 1.54) is 4.90 Å². The largest absolute Gasteiger partial charge is 0.480 e. The number of carbonyl (C=O) groups is 2. The summed E-state index contributed by atoms with van der Waals surface area (Å²) < 4.78 is 1.70. The van der Waals surface area contributed by atoms with Crippen LogP contribution in [0.15, 0.2) is 24.5 Å². The molecule has 1 saturated heterocycles. The highest BCUT2D eigenvalue weighted by Gasteiger charge is 2.34. The number of hydrogen-bond donors (Lipinski definition) is 4. The predicted molar refractivity (Wildman–Crippen MR) is 105 cm³/mol. The maximum absolute atomic E-state index is 12.6. The molecule has 0 saturated carbocycles. The number of H-pyrrole nitrogens is 1. The van der Waals surface area contributed by atoms with Crippen LogP contribution in [-0.4, -0.2) is 59.8 Å². The Kier molecular flexibility index (Phi) is 4.53. The van der Waals surface area contributed by atoms with Crippen LogP contribution in [0.2, 0.25) is 0 Å². The molecule has 1 aromatic carbocycles. The normalized spacial score (nSPS) is 16.4. The number of carboxylic acids is 1. The van der Waals surface area contributed by atoms with Gasteiger partial charge in [0.15, 0.2) is 5.82 Å². The van der Waals surface area contributed by atoms with E-state index in [1.54, 1.807) is 29.1 Å². The lowest BCUT2D eigenvalue weighted by atomic mass is 10.2. The van der Waals surface area contributed by atoms with E-state index in [0.717, 1.165) is 16.7 Å². The molecule has 1 amide bonds. The predicted octanol–water partition coefficient (Wildman–Crippen LogP) is 1.09. The van der Waals surface area contributed by atoms with Crippen LogP contribution in [0.1, 0.15) is 24.1 Å². The Balaban J connectivity index is 1.58. The number of aromatic amines is 1. The van der Waals surface area contributed by atoms with Gasteiger partial charge in [-0.1, -0.05) is 0 Å². The van der Waals surface area contributed by atoms with E-state index in [2.05, 4.69) is 15.0 Å². The van der Waals surface area contributed by atoms with Gasteiger partial charge in [0.05, 0.1) is 17.4 Å². The molecule has 150 valence electrons. The molecule has 1 unspecified atom stereocenters. The number of nitrogen functional groups attached to an aromatic ring is 1. The van der Waals surface area contributed by atoms with Crippen LogP contribution >= 0.6 is 0 Å². The summed E-state index contributed by atoms with van der Waals surface area (Å²) in [4.78, 5) is 37.5. The van der Waals surface area contributed by atoms with Gasteiger partial charge in [-0.2, -0.15) is 0 Å². The number of carbonyl (C=O) groups excluding carboxylic acids is 1. The third-order valence-corrected chi connectivity index (χ3v) is 5.28. The number of likely N-dealkylation sites (tertiary alicyclic amines) is 1. The van der Waals surface area contributed by atoms with Crippen LogP contribution in [0.3, 0.4) is 0 Å². The van der Waals surface area contributed by atoms with E-state index in [0.29, 0.717) is 36.5 Å². The van der Waals surface area contributed by atoms with E-state index < -0.39 is 12.0 Å². The Bertz CT molecular complexity index is 1130. The van der Waals surface area contributed by atoms with E-state index >= 15 is 0 Å². The third kappa shape index (κ3) is 3.33. The number of carboxylic acid groups (broad SMARTS) is 1. The van der Waals surface area contributed by atoms with Crippen molar-refractivity contribution in [2.45, 2.75) is 32.4 Å². The molecule has 2 aromatic heterocycles. The Labute approximate surface area is 165 Å². The fourth-order valence-electron chi connectivity index (χ4n) is 3.68. The van der Waals surface area contributed by atoms with Crippen LogP contribution in [0, 0.1) is 12.3 Å². The molecule has 1 aliphatic rings. The number of benzene rings is 1. The molecule has 0 radical (unpaired) electrons. The molecule has 0 bridgehead atoms. The zero-order valence-corrected chi connectivity index (χ0v) is 15.8. The van der Waals surface area contributed by atoms with Crippen LogP contribution in [-0.2, 0) is 16.1 Å². The van der Waals surface area contributed by atoms with Crippen molar-refractivity contribution >= 4 is 28.7 Å². The SMILES string of the molecule is Cc1c(-c2nc3ccc(C(=N)N)cc3[nH]2)ncn1CC(=O)N1CCCC1C(=O)O. The van der Waals surface area contributed by atoms with Gasteiger partial charge >= 0.3 is 5.97 Å². The van der Waals surface area contributed by atoms with Crippen molar-refractivity contribution in [2.24, 2.45) is 5.73 Å². The second kappa shape index (κ2) is 7.04. The fourth-order valence-corrected chi connectivity index (χ4v) is 3.68. The fraction of sp³-hybridized carbons (Fsp3) is 0.316. The highest BCUT2D eigenvalue weighted by Crippen LogP contribution is 2.24. The summed E-state index contributed by atoms with van der Waals surface area (Å²) in [5.41, 5.74) is 8.94. The average Bonchev–Trinajstić information content (AvgIpc) is 3.39. The minimum Gasteiger partial charge on any atom is -0.480 e. The molecule has 1 aliphatic heterocycles. The van der Waals surface area contributed by atoms with Gasteiger partial charge in [0.1, 0.15) is 24.1 Å². The minimum atomic E-state index is -0.967. The van der Waals surface area contributed by atoms with Crippen molar-refractivity contribution < 1.29 is 14.7 Å². The molecule has 4 rings (SSSR count). The number of amidine groups is 1. The van der Waals surface area contributed by atoms with Crippen molar-refractivity contribution in [3.63, 3.8) is 0 Å². The van der Waals surface area contributed by atoms with Gasteiger partial charge in [0.2, 0.25) is 5.91 Å². The molecule has 3 aromatic rings. The number of aromatic nitrogens is 4. The van der Waals surface area contributed by atoms with Gasteiger partial charge in [-0.25, -0.2) is 14.8 Å². The number of nitrogens with two attached hydrogens (primary N) is 1. The lowest BCUT2D eigenvalue weighted by Gasteiger charge is -2.21. The van der Waals surface area contributed by atoms with Crippen LogP contribution in [0.25, 0.3) is 22.6 Å². The van der Waals surface area contributed by atoms with Crippen molar-refractivity contribution in [2.75, 3.05) is 6.54 Å². The first-order valence-corrected chi connectivity index (χ1v) is 9.23. The Hall–Kier alpha value is -3.69. The summed E-state index contributed by atoms with van der Waals surface area (Å²) in [6.07, 6.45) is 2.73. The molecule has 1 atom stereocenters. The van der Waals surface area contributed by atoms with Crippen molar-refractivity contribution in [1.29, 1.82) is 5.41 Å². The van der Waals surface area contributed by atoms with E-state index in [-0.39, 0.29) is 18.3 Å². The smallest absolute Gasteiger partial charge is 0.326 e. The number of nitrogens with one attached hydrogen (secondary N) is 2. The Morgan fingerprint density at radius 2 is 2.21 bits per heavy atom. The summed E-state index contributed by atoms with van der Waals surface area (Å²) >= 11 is 0. The first-order valence-electron chi connectivity index (χ1n) is 9.23. The summed E-state index contributed by atoms with van der Waals surface area (Å²) in [5, 5.41) is 16.8. The number of hydrogen-bond acceptors (Lipinski definition) is 5. The number of fused-ring (bicyclic) bond motifs is 1. The highest BCUT2D eigenvalue weighted by atomic mass is 16.4. The van der Waals surface area contributed by atoms with Gasteiger partial charge < -0.3 is 25.3 Å². The zero-order chi connectivity index (χ0) is 20.7. The Morgan fingerprint density at radius 3 is 2.93 bits per heavy atom. The molecular weight excluding hydrogens is 374 g/mol. The molecule has 10 nitrogen and oxygen atoms in total. The van der Waals surface area contributed by atoms with E-state index in [9.17, 15) is 14.7 Å². The number of amides is 1. The third-order valence-electron chi connectivity index (χ3n) is 5.28. The summed E-state index contributed by atoms with van der Waals surface area (Å²) in [5.74, 6) is -0.679. The second-order valence-corrected chi connectivity index (χ2v) is 7.12. The number of rotatable bonds is 5. The van der Waals surface area contributed by atoms with Gasteiger partial charge in [-0.05, 0) is 38.0 Å². The standard InChI is InChI=1S/C19H21N7O3/c1-10-16(18-23-12-5-4-11(17(20)21)7-13(12)24-18)22-9-25(10)8-15(27)26-6-2-3-14(26)19(28)29/h4-5,7,9,14H,2-3,6,8H2,1H3,(H3,20,21)(H,23,24)(H,28,29). The number of nitrogens with zero attached hydrogens (tertiary/aromatic N) is 4. The quantitative estimate of drug-likeness (QED) is 0.375. The maximum atomic E-state index is 12.6. The zero-order valence-electron chi connectivity index (χ0n) is 15.8. The van der Waals surface area contributed by atoms with E-state index in [4.69, 9.17) is 11.1 Å². The van der Waals surface area contributed by atoms with Gasteiger partial charge in [0.25, 0.3) is 0 Å². The van der Waals surface area contributed by atoms with Crippen molar-refractivity contribution in [1.82, 2.24) is 24.4 Å². The van der Waals surface area contributed by atoms with Gasteiger partial charge in [-0.3, -0.25) is 10.2 Å². The minimum absolute atomic E-state index is 0.0244. The molecule has 0 aliphatic carbocycles. The second-order valence-electron chi connectivity index (χ2n) is 7.12. The number of imidazole rings is 2. The highest BCUT2D eigenvalue weighted by molar-refractivity contribution is 5.98. The molecule has 5 N–H and O–H groups in total. The van der Waals surface area contributed by atoms with Crippen molar-refractivity contribution in [3.8, 4) is 11.5 Å². The van der Waals surface area contributed by atoms with Gasteiger partial charge in [-0.15, -0.1) is 0 Å². The van der Waals surface area contributed by atoms with Crippen LogP contribution < -0.4 is 5.73 Å². The summed E-state index contributed by atoms with van der Waals surface area (Å²) in [6, 6.07) is 4.51. The molecule has 3 heterocycles. The summed E-state index contributed by atoms with van der Waals surface area (Å²) in [7, 11) is 0. The monoisotopic (exact) mass is 395 g/mol. The first kappa shape index (κ1) is 18.7. The van der Waals surface area contributed by atoms with Crippen LogP contribution in [0.4, 0.5) is 0 Å². The summed E-state index contributed by atoms with van der Waals surface area (Å²) in [6.45, 7) is 2.32. The molecule has 0 spiro atoms. The van der Waals surface area contributed by atoms with Gasteiger partial charge in [0, 0.05) is 17.8 Å². The first-order chi connectivity index (χ1) is 13.8. The number of aliphatic carboxylic acids is 1. The molecule has 29 heavy (non-hydrogen) atoms. The topological polar surface area (TPSA) is 154 Å². The lowest BCUT2D eigenvalue weighted by molar-refractivity contribution is -0.148.